The molecule has 1 amide bonds. The third-order valence-electron chi connectivity index (χ3n) is 4.73. The lowest BCUT2D eigenvalue weighted by Crippen LogP contribution is -2.42. The Balaban J connectivity index is 1.90. The van der Waals surface area contributed by atoms with E-state index in [1.165, 1.54) is 0 Å². The Bertz CT molecular complexity index is 487. The monoisotopic (exact) mass is 322 g/mol. The number of carbonyl (C=O) groups excluding carboxylic acids is 1. The fourth-order valence-electron chi connectivity index (χ4n) is 3.36. The van der Waals surface area contributed by atoms with Crippen molar-refractivity contribution in [3.05, 3.63) is 11.9 Å². The minimum atomic E-state index is -0.589. The van der Waals surface area contributed by atoms with Crippen molar-refractivity contribution in [3.8, 4) is 0 Å². The minimum absolute atomic E-state index is 0.190. The molecule has 0 saturated carbocycles. The van der Waals surface area contributed by atoms with Gasteiger partial charge in [0.1, 0.15) is 5.69 Å². The lowest BCUT2D eigenvalue weighted by atomic mass is 9.95. The average molecular weight is 322 g/mol. The number of likely N-dealkylation sites (tertiary alicyclic amines) is 1. The van der Waals surface area contributed by atoms with Gasteiger partial charge in [-0.15, -0.1) is 5.10 Å². The zero-order chi connectivity index (χ0) is 16.8. The summed E-state index contributed by atoms with van der Waals surface area (Å²) >= 11 is 0. The Hall–Kier alpha value is -1.43. The third-order valence-corrected chi connectivity index (χ3v) is 4.73. The van der Waals surface area contributed by atoms with Crippen LogP contribution in [0.5, 0.6) is 0 Å². The van der Waals surface area contributed by atoms with Gasteiger partial charge in [0.15, 0.2) is 0 Å². The zero-order valence-corrected chi connectivity index (χ0v) is 14.6. The molecule has 0 unspecified atom stereocenters. The van der Waals surface area contributed by atoms with Crippen molar-refractivity contribution < 1.29 is 9.90 Å². The highest BCUT2D eigenvalue weighted by molar-refractivity contribution is 5.78. The van der Waals surface area contributed by atoms with Crippen molar-refractivity contribution in [2.45, 2.75) is 71.4 Å². The summed E-state index contributed by atoms with van der Waals surface area (Å²) in [6.45, 7) is 7.56. The highest BCUT2D eigenvalue weighted by Crippen LogP contribution is 2.25. The second-order valence-corrected chi connectivity index (χ2v) is 6.63. The summed E-state index contributed by atoms with van der Waals surface area (Å²) < 4.78 is 1.85. The zero-order valence-electron chi connectivity index (χ0n) is 14.6. The Morgan fingerprint density at radius 3 is 2.39 bits per heavy atom. The highest BCUT2D eigenvalue weighted by atomic mass is 16.3. The van der Waals surface area contributed by atoms with Crippen molar-refractivity contribution in [1.29, 1.82) is 0 Å². The van der Waals surface area contributed by atoms with E-state index in [0.717, 1.165) is 51.6 Å². The molecule has 2 rings (SSSR count). The van der Waals surface area contributed by atoms with Crippen LogP contribution in [0.2, 0.25) is 0 Å². The van der Waals surface area contributed by atoms with Gasteiger partial charge < -0.3 is 10.0 Å². The van der Waals surface area contributed by atoms with Crippen LogP contribution in [0.3, 0.4) is 0 Å². The molecular weight excluding hydrogens is 292 g/mol. The van der Waals surface area contributed by atoms with Gasteiger partial charge in [0.05, 0.1) is 18.3 Å². The van der Waals surface area contributed by atoms with E-state index in [2.05, 4.69) is 24.2 Å². The largest absolute Gasteiger partial charge is 0.387 e. The van der Waals surface area contributed by atoms with Crippen LogP contribution in [-0.4, -0.2) is 44.0 Å². The molecule has 1 aliphatic heterocycles. The highest BCUT2D eigenvalue weighted by Gasteiger charge is 2.28. The van der Waals surface area contributed by atoms with Crippen molar-refractivity contribution in [2.75, 3.05) is 13.1 Å². The van der Waals surface area contributed by atoms with E-state index < -0.39 is 6.10 Å². The molecule has 1 aliphatic rings. The SMILES string of the molecule is CCCC(CCC)C(=O)N1CCC(n2cc([C@@H](C)O)nn2)CC1. The smallest absolute Gasteiger partial charge is 0.225 e. The Morgan fingerprint density at radius 2 is 1.91 bits per heavy atom. The van der Waals surface area contributed by atoms with E-state index in [4.69, 9.17) is 0 Å². The molecule has 0 spiro atoms. The van der Waals surface area contributed by atoms with Crippen LogP contribution in [0.4, 0.5) is 0 Å². The normalized spacial score (nSPS) is 17.7. The summed E-state index contributed by atoms with van der Waals surface area (Å²) in [4.78, 5) is 14.7. The first-order chi connectivity index (χ1) is 11.1. The molecule has 1 saturated heterocycles. The number of amides is 1. The van der Waals surface area contributed by atoms with Crippen LogP contribution in [0.1, 0.15) is 77.1 Å². The van der Waals surface area contributed by atoms with E-state index in [1.807, 2.05) is 15.8 Å². The van der Waals surface area contributed by atoms with Gasteiger partial charge in [-0.1, -0.05) is 31.9 Å². The fraction of sp³-hybridized carbons (Fsp3) is 0.824. The van der Waals surface area contributed by atoms with E-state index in [1.54, 1.807) is 6.92 Å². The van der Waals surface area contributed by atoms with Crippen molar-refractivity contribution in [2.24, 2.45) is 5.92 Å². The van der Waals surface area contributed by atoms with Gasteiger partial charge in [-0.25, -0.2) is 4.68 Å². The first-order valence-electron chi connectivity index (χ1n) is 8.95. The van der Waals surface area contributed by atoms with Gasteiger partial charge in [-0.2, -0.15) is 0 Å². The number of rotatable bonds is 7. The van der Waals surface area contributed by atoms with Crippen molar-refractivity contribution in [1.82, 2.24) is 19.9 Å². The van der Waals surface area contributed by atoms with Gasteiger partial charge in [0.2, 0.25) is 5.91 Å². The molecule has 2 heterocycles. The van der Waals surface area contributed by atoms with Crippen LogP contribution in [0, 0.1) is 5.92 Å². The summed E-state index contributed by atoms with van der Waals surface area (Å²) in [5.41, 5.74) is 0.606. The van der Waals surface area contributed by atoms with Gasteiger partial charge in [-0.05, 0) is 32.6 Å². The van der Waals surface area contributed by atoms with Crippen LogP contribution in [0.15, 0.2) is 6.20 Å². The van der Waals surface area contributed by atoms with E-state index >= 15 is 0 Å². The maximum atomic E-state index is 12.7. The minimum Gasteiger partial charge on any atom is -0.387 e. The Kier molecular flexibility index (Phi) is 6.57. The molecule has 0 radical (unpaired) electrons. The number of carbonyl (C=O) groups is 1. The first-order valence-corrected chi connectivity index (χ1v) is 8.95. The average Bonchev–Trinajstić information content (AvgIpc) is 3.04. The summed E-state index contributed by atoms with van der Waals surface area (Å²) in [6.07, 6.45) is 7.15. The second-order valence-electron chi connectivity index (χ2n) is 6.63. The van der Waals surface area contributed by atoms with Crippen molar-refractivity contribution >= 4 is 5.91 Å². The van der Waals surface area contributed by atoms with E-state index in [9.17, 15) is 9.90 Å². The number of aromatic nitrogens is 3. The standard InChI is InChI=1S/C17H30N4O2/c1-4-6-14(7-5-2)17(23)20-10-8-15(9-11-20)21-12-16(13(3)22)18-19-21/h12-15,22H,4-11H2,1-3H3/t13-/m1/s1. The first kappa shape index (κ1) is 17.9. The van der Waals surface area contributed by atoms with E-state index in [-0.39, 0.29) is 12.0 Å². The molecule has 1 N–H and O–H groups in total. The Morgan fingerprint density at radius 1 is 1.30 bits per heavy atom. The molecular formula is C17H30N4O2. The molecule has 0 bridgehead atoms. The van der Waals surface area contributed by atoms with Crippen LogP contribution >= 0.6 is 0 Å². The second kappa shape index (κ2) is 8.43. The molecule has 0 aliphatic carbocycles. The summed E-state index contributed by atoms with van der Waals surface area (Å²) in [5.74, 6) is 0.519. The van der Waals surface area contributed by atoms with Crippen molar-refractivity contribution in [3.63, 3.8) is 0 Å². The maximum absolute atomic E-state index is 12.7. The van der Waals surface area contributed by atoms with Crippen LogP contribution in [-0.2, 0) is 4.79 Å². The predicted molar refractivity (Wildman–Crippen MR) is 88.8 cm³/mol. The number of nitrogens with zero attached hydrogens (tertiary/aromatic N) is 4. The Labute approximate surface area is 138 Å². The van der Waals surface area contributed by atoms with Gasteiger partial charge in [0, 0.05) is 19.0 Å². The predicted octanol–water partition coefficient (Wildman–Crippen LogP) is 2.71. The lowest BCUT2D eigenvalue weighted by molar-refractivity contribution is -0.137. The molecule has 1 fully saturated rings. The third kappa shape index (κ3) is 4.53. The summed E-state index contributed by atoms with van der Waals surface area (Å²) in [7, 11) is 0. The molecule has 6 heteroatoms. The molecule has 1 atom stereocenters. The molecule has 6 nitrogen and oxygen atoms in total. The van der Waals surface area contributed by atoms with Crippen LogP contribution in [0.25, 0.3) is 0 Å². The number of aliphatic hydroxyl groups is 1. The number of hydrogen-bond donors (Lipinski definition) is 1. The topological polar surface area (TPSA) is 71.2 Å². The lowest BCUT2D eigenvalue weighted by Gasteiger charge is -2.34. The number of hydrogen-bond acceptors (Lipinski definition) is 4. The van der Waals surface area contributed by atoms with Gasteiger partial charge in [-0.3, -0.25) is 4.79 Å². The molecule has 23 heavy (non-hydrogen) atoms. The van der Waals surface area contributed by atoms with Gasteiger partial charge in [0.25, 0.3) is 0 Å². The van der Waals surface area contributed by atoms with E-state index in [0.29, 0.717) is 11.6 Å². The summed E-state index contributed by atoms with van der Waals surface area (Å²) in [6, 6.07) is 0.273. The molecule has 0 aromatic carbocycles. The molecule has 1 aromatic rings. The fourth-order valence-corrected chi connectivity index (χ4v) is 3.36. The number of piperidine rings is 1. The number of aliphatic hydroxyl groups excluding tert-OH is 1. The van der Waals surface area contributed by atoms with Gasteiger partial charge >= 0.3 is 0 Å². The summed E-state index contributed by atoms with van der Waals surface area (Å²) in [5, 5.41) is 17.7. The quantitative estimate of drug-likeness (QED) is 0.838. The molecule has 1 aromatic heterocycles. The molecule has 130 valence electrons. The van der Waals surface area contributed by atoms with Crippen LogP contribution < -0.4 is 0 Å². The maximum Gasteiger partial charge on any atom is 0.225 e.